The number of benzene rings is 2. The summed E-state index contributed by atoms with van der Waals surface area (Å²) in [5.74, 6) is 0.237. The van der Waals surface area contributed by atoms with Gasteiger partial charge < -0.3 is 5.11 Å². The molecule has 0 spiro atoms. The van der Waals surface area contributed by atoms with Gasteiger partial charge in [0.15, 0.2) is 0 Å². The Morgan fingerprint density at radius 1 is 1.06 bits per heavy atom. The van der Waals surface area contributed by atoms with Crippen molar-refractivity contribution in [3.63, 3.8) is 0 Å². The smallest absolute Gasteiger partial charge is 0.117 e. The van der Waals surface area contributed by atoms with Gasteiger partial charge in [-0.25, -0.2) is 0 Å². The van der Waals surface area contributed by atoms with Crippen LogP contribution in [0.5, 0.6) is 5.75 Å². The Bertz CT molecular complexity index is 517. The third kappa shape index (κ3) is 2.39. The molecule has 2 rings (SSSR count). The molecule has 2 aromatic carbocycles. The molecule has 3 heteroatoms. The van der Waals surface area contributed by atoms with E-state index in [0.717, 1.165) is 26.2 Å². The van der Waals surface area contributed by atoms with E-state index in [1.807, 2.05) is 31.2 Å². The van der Waals surface area contributed by atoms with Gasteiger partial charge in [-0.05, 0) is 47.9 Å². The fourth-order valence-corrected chi connectivity index (χ4v) is 2.17. The molecule has 0 heterocycles. The number of aromatic hydroxyl groups is 1. The summed E-state index contributed by atoms with van der Waals surface area (Å²) in [7, 11) is 0. The molecule has 0 bridgehead atoms. The summed E-state index contributed by atoms with van der Waals surface area (Å²) in [5, 5.41) is 10.2. The zero-order valence-electron chi connectivity index (χ0n) is 8.67. The molecule has 0 aliphatic carbocycles. The van der Waals surface area contributed by atoms with E-state index in [1.54, 1.807) is 12.1 Å². The molecule has 1 nitrogen and oxygen atoms in total. The largest absolute Gasteiger partial charge is 0.508 e. The van der Waals surface area contributed by atoms with Crippen LogP contribution in [0.2, 0.25) is 5.02 Å². The summed E-state index contributed by atoms with van der Waals surface area (Å²) < 4.78 is 0.846. The van der Waals surface area contributed by atoms with Gasteiger partial charge >= 0.3 is 0 Å². The van der Waals surface area contributed by atoms with E-state index in [1.165, 1.54) is 0 Å². The maximum Gasteiger partial charge on any atom is 0.117 e. The molecule has 16 heavy (non-hydrogen) atoms. The molecule has 0 fully saturated rings. The van der Waals surface area contributed by atoms with Crippen molar-refractivity contribution in [1.29, 1.82) is 0 Å². The van der Waals surface area contributed by atoms with E-state index in [2.05, 4.69) is 15.9 Å². The molecule has 0 amide bonds. The monoisotopic (exact) mass is 296 g/mol. The van der Waals surface area contributed by atoms with Gasteiger partial charge in [0.1, 0.15) is 5.75 Å². The summed E-state index contributed by atoms with van der Waals surface area (Å²) in [6.45, 7) is 1.96. The molecular formula is C13H10BrClO. The quantitative estimate of drug-likeness (QED) is 0.803. The topological polar surface area (TPSA) is 20.2 Å². The maximum atomic E-state index is 9.52. The molecule has 0 saturated heterocycles. The minimum absolute atomic E-state index is 0.237. The Balaban J connectivity index is 2.54. The molecule has 0 aliphatic rings. The highest BCUT2D eigenvalue weighted by atomic mass is 79.9. The lowest BCUT2D eigenvalue weighted by Gasteiger charge is -2.06. The second kappa shape index (κ2) is 4.48. The zero-order chi connectivity index (χ0) is 11.7. The lowest BCUT2D eigenvalue weighted by Crippen LogP contribution is -1.81. The first-order chi connectivity index (χ1) is 7.56. The summed E-state index contributed by atoms with van der Waals surface area (Å²) >= 11 is 9.42. The molecule has 0 aromatic heterocycles. The predicted octanol–water partition coefficient (Wildman–Crippen LogP) is 4.78. The van der Waals surface area contributed by atoms with Crippen molar-refractivity contribution in [2.75, 3.05) is 0 Å². The number of aryl methyl sites for hydroxylation is 1. The van der Waals surface area contributed by atoms with Crippen molar-refractivity contribution in [3.05, 3.63) is 51.5 Å². The second-order valence-electron chi connectivity index (χ2n) is 3.66. The number of phenolic OH excluding ortho intramolecular Hbond substituents is 1. The van der Waals surface area contributed by atoms with Crippen molar-refractivity contribution in [2.24, 2.45) is 0 Å². The van der Waals surface area contributed by atoms with Gasteiger partial charge in [-0.15, -0.1) is 0 Å². The Morgan fingerprint density at radius 3 is 2.44 bits per heavy atom. The Kier molecular flexibility index (Phi) is 3.22. The zero-order valence-corrected chi connectivity index (χ0v) is 11.0. The summed E-state index contributed by atoms with van der Waals surface area (Å²) in [6, 6.07) is 11.2. The summed E-state index contributed by atoms with van der Waals surface area (Å²) in [6.07, 6.45) is 0. The van der Waals surface area contributed by atoms with Crippen molar-refractivity contribution in [1.82, 2.24) is 0 Å². The number of rotatable bonds is 1. The fraction of sp³-hybridized carbons (Fsp3) is 0.0769. The average Bonchev–Trinajstić information content (AvgIpc) is 2.20. The molecule has 82 valence electrons. The van der Waals surface area contributed by atoms with E-state index in [9.17, 15) is 5.11 Å². The van der Waals surface area contributed by atoms with Crippen LogP contribution in [0.4, 0.5) is 0 Å². The van der Waals surface area contributed by atoms with Gasteiger partial charge in [0.25, 0.3) is 0 Å². The second-order valence-corrected chi connectivity index (χ2v) is 4.98. The van der Waals surface area contributed by atoms with Gasteiger partial charge in [-0.1, -0.05) is 39.7 Å². The molecule has 0 atom stereocenters. The van der Waals surface area contributed by atoms with Crippen LogP contribution < -0.4 is 0 Å². The van der Waals surface area contributed by atoms with Crippen LogP contribution in [-0.4, -0.2) is 5.11 Å². The van der Waals surface area contributed by atoms with E-state index in [-0.39, 0.29) is 5.75 Å². The number of phenols is 1. The number of hydrogen-bond donors (Lipinski definition) is 1. The first kappa shape index (κ1) is 11.5. The number of hydrogen-bond acceptors (Lipinski definition) is 1. The highest BCUT2D eigenvalue weighted by molar-refractivity contribution is 9.10. The van der Waals surface area contributed by atoms with E-state index >= 15 is 0 Å². The third-order valence-corrected chi connectivity index (χ3v) is 3.25. The third-order valence-electron chi connectivity index (χ3n) is 2.39. The van der Waals surface area contributed by atoms with E-state index in [0.29, 0.717) is 0 Å². The van der Waals surface area contributed by atoms with Gasteiger partial charge in [0.05, 0.1) is 0 Å². The van der Waals surface area contributed by atoms with Crippen LogP contribution in [0.25, 0.3) is 11.1 Å². The van der Waals surface area contributed by atoms with Gasteiger partial charge in [0.2, 0.25) is 0 Å². The minimum atomic E-state index is 0.237. The highest BCUT2D eigenvalue weighted by Crippen LogP contribution is 2.30. The average molecular weight is 298 g/mol. The van der Waals surface area contributed by atoms with E-state index in [4.69, 9.17) is 11.6 Å². The molecule has 0 saturated carbocycles. The van der Waals surface area contributed by atoms with Crippen LogP contribution in [0, 0.1) is 6.92 Å². The van der Waals surface area contributed by atoms with Crippen LogP contribution >= 0.6 is 27.5 Å². The molecule has 1 N–H and O–H groups in total. The van der Waals surface area contributed by atoms with Gasteiger partial charge in [-0.3, -0.25) is 0 Å². The van der Waals surface area contributed by atoms with Crippen molar-refractivity contribution >= 4 is 27.5 Å². The van der Waals surface area contributed by atoms with Crippen LogP contribution in [0.3, 0.4) is 0 Å². The summed E-state index contributed by atoms with van der Waals surface area (Å²) in [4.78, 5) is 0. The first-order valence-electron chi connectivity index (χ1n) is 4.82. The fourth-order valence-electron chi connectivity index (χ4n) is 1.51. The first-order valence-corrected chi connectivity index (χ1v) is 5.99. The standard InChI is InChI=1S/C13H10BrClO/c1-8-2-3-9(6-13(8)15)10-4-11(14)7-12(16)5-10/h2-7,16H,1H3. The highest BCUT2D eigenvalue weighted by Gasteiger charge is 2.03. The van der Waals surface area contributed by atoms with E-state index < -0.39 is 0 Å². The van der Waals surface area contributed by atoms with Gasteiger partial charge in [-0.2, -0.15) is 0 Å². The normalized spacial score (nSPS) is 10.4. The Labute approximate surface area is 108 Å². The molecule has 0 aliphatic heterocycles. The predicted molar refractivity (Wildman–Crippen MR) is 71.0 cm³/mol. The lowest BCUT2D eigenvalue weighted by atomic mass is 10.0. The van der Waals surface area contributed by atoms with Crippen LogP contribution in [0.1, 0.15) is 5.56 Å². The molecule has 0 unspecified atom stereocenters. The van der Waals surface area contributed by atoms with Gasteiger partial charge in [0, 0.05) is 9.50 Å². The molecule has 2 aromatic rings. The minimum Gasteiger partial charge on any atom is -0.508 e. The number of halogens is 2. The van der Waals surface area contributed by atoms with Crippen LogP contribution in [0.15, 0.2) is 40.9 Å². The van der Waals surface area contributed by atoms with Crippen molar-refractivity contribution < 1.29 is 5.11 Å². The molecular weight excluding hydrogens is 287 g/mol. The Morgan fingerprint density at radius 2 is 1.81 bits per heavy atom. The lowest BCUT2D eigenvalue weighted by molar-refractivity contribution is 0.475. The maximum absolute atomic E-state index is 9.52. The van der Waals surface area contributed by atoms with Crippen molar-refractivity contribution in [2.45, 2.75) is 6.92 Å². The Hall–Kier alpha value is -0.990. The molecule has 0 radical (unpaired) electrons. The summed E-state index contributed by atoms with van der Waals surface area (Å²) in [5.41, 5.74) is 2.98. The van der Waals surface area contributed by atoms with Crippen LogP contribution in [-0.2, 0) is 0 Å². The SMILES string of the molecule is Cc1ccc(-c2cc(O)cc(Br)c2)cc1Cl. The van der Waals surface area contributed by atoms with Crippen molar-refractivity contribution in [3.8, 4) is 16.9 Å².